The lowest BCUT2D eigenvalue weighted by molar-refractivity contribution is -0.158. The number of nitrogens with zero attached hydrogens (tertiary/aromatic N) is 2. The van der Waals surface area contributed by atoms with Gasteiger partial charge in [0.25, 0.3) is 0 Å². The van der Waals surface area contributed by atoms with E-state index in [1.54, 1.807) is 0 Å². The van der Waals surface area contributed by atoms with E-state index in [0.29, 0.717) is 13.0 Å². The lowest BCUT2D eigenvalue weighted by Crippen LogP contribution is -2.41. The predicted octanol–water partition coefficient (Wildman–Crippen LogP) is 1.08. The Morgan fingerprint density at radius 2 is 2.36 bits per heavy atom. The van der Waals surface area contributed by atoms with E-state index in [1.165, 1.54) is 11.3 Å². The summed E-state index contributed by atoms with van der Waals surface area (Å²) in [6.45, 7) is 0.338. The number of fused-ring (bicyclic) bond motifs is 1. The fourth-order valence-electron chi connectivity index (χ4n) is 2.55. The third-order valence-corrected chi connectivity index (χ3v) is 4.41. The number of carbonyl (C=O) groups excluding carboxylic acids is 1. The summed E-state index contributed by atoms with van der Waals surface area (Å²) in [5, 5.41) is 13.7. The van der Waals surface area contributed by atoms with Gasteiger partial charge in [0.05, 0.1) is 18.2 Å². The van der Waals surface area contributed by atoms with Gasteiger partial charge in [0.2, 0.25) is 5.91 Å². The molecule has 1 saturated heterocycles. The van der Waals surface area contributed by atoms with Gasteiger partial charge in [0, 0.05) is 24.3 Å². The molecule has 1 aliphatic heterocycles. The minimum absolute atomic E-state index is 0.133. The molecule has 1 amide bonds. The zero-order chi connectivity index (χ0) is 15.5. The summed E-state index contributed by atoms with van der Waals surface area (Å²) in [6, 6.07) is 0. The first-order valence-corrected chi connectivity index (χ1v) is 8.06. The largest absolute Gasteiger partial charge is 0.479 e. The molecule has 0 unspecified atom stereocenters. The van der Waals surface area contributed by atoms with Gasteiger partial charge in [0.15, 0.2) is 11.1 Å². The number of ether oxygens (including phenoxy) is 1. The van der Waals surface area contributed by atoms with Crippen LogP contribution < -0.4 is 5.32 Å². The van der Waals surface area contributed by atoms with Gasteiger partial charge in [-0.05, 0) is 19.3 Å². The molecule has 1 fully saturated rings. The monoisotopic (exact) mass is 323 g/mol. The van der Waals surface area contributed by atoms with Gasteiger partial charge in [-0.1, -0.05) is 0 Å². The van der Waals surface area contributed by atoms with Crippen LogP contribution in [0.5, 0.6) is 0 Å². The van der Waals surface area contributed by atoms with Crippen molar-refractivity contribution >= 4 is 28.2 Å². The van der Waals surface area contributed by atoms with Crippen molar-refractivity contribution in [3.05, 3.63) is 23.5 Å². The first-order chi connectivity index (χ1) is 10.6. The Hall–Kier alpha value is -1.93. The number of aromatic nitrogens is 2. The Morgan fingerprint density at radius 3 is 3.14 bits per heavy atom. The van der Waals surface area contributed by atoms with Gasteiger partial charge < -0.3 is 15.2 Å². The second-order valence-electron chi connectivity index (χ2n) is 5.32. The molecule has 0 bridgehead atoms. The summed E-state index contributed by atoms with van der Waals surface area (Å²) in [5.74, 6) is -1.07. The van der Waals surface area contributed by atoms with Crippen molar-refractivity contribution in [2.24, 2.45) is 0 Å². The molecular formula is C14H17N3O4S. The van der Waals surface area contributed by atoms with E-state index in [9.17, 15) is 9.59 Å². The van der Waals surface area contributed by atoms with Gasteiger partial charge >= 0.3 is 5.97 Å². The van der Waals surface area contributed by atoms with Crippen LogP contribution in [-0.4, -0.2) is 45.1 Å². The van der Waals surface area contributed by atoms with E-state index >= 15 is 0 Å². The van der Waals surface area contributed by atoms with Crippen LogP contribution in [0.4, 0.5) is 0 Å². The lowest BCUT2D eigenvalue weighted by Gasteiger charge is -2.27. The average molecular weight is 323 g/mol. The Balaban J connectivity index is 1.47. The normalized spacial score (nSPS) is 21.8. The maximum atomic E-state index is 11.9. The standard InChI is InChI=1S/C14H17N3O4S/c18-12(6-9-8-17-4-5-22-14(17)16-9)15-7-10-2-1-3-11(21-10)13(19)20/h4-5,8,10-11H,1-3,6-7H2,(H,15,18)(H,19,20)/t10-,11-/m0/s1. The molecule has 0 saturated carbocycles. The molecule has 1 aliphatic rings. The molecule has 2 aromatic heterocycles. The number of carboxylic acids is 1. The Bertz CT molecular complexity index is 652. The van der Waals surface area contributed by atoms with E-state index in [-0.39, 0.29) is 18.4 Å². The zero-order valence-electron chi connectivity index (χ0n) is 11.9. The molecule has 0 spiro atoms. The molecule has 2 N–H and O–H groups in total. The van der Waals surface area contributed by atoms with Crippen LogP contribution in [0.3, 0.4) is 0 Å². The lowest BCUT2D eigenvalue weighted by atomic mass is 10.0. The number of imidazole rings is 1. The molecular weight excluding hydrogens is 306 g/mol. The maximum Gasteiger partial charge on any atom is 0.332 e. The van der Waals surface area contributed by atoms with Crippen LogP contribution in [0, 0.1) is 0 Å². The Labute approximate surface area is 130 Å². The summed E-state index contributed by atoms with van der Waals surface area (Å²) in [5.41, 5.74) is 0.720. The van der Waals surface area contributed by atoms with Crippen LogP contribution in [0.1, 0.15) is 25.0 Å². The van der Waals surface area contributed by atoms with Crippen LogP contribution in [0.2, 0.25) is 0 Å². The molecule has 2 atom stereocenters. The summed E-state index contributed by atoms with van der Waals surface area (Å²) < 4.78 is 7.34. The molecule has 118 valence electrons. The topological polar surface area (TPSA) is 92.9 Å². The zero-order valence-corrected chi connectivity index (χ0v) is 12.7. The van der Waals surface area contributed by atoms with E-state index in [2.05, 4.69) is 10.3 Å². The Morgan fingerprint density at radius 1 is 1.50 bits per heavy atom. The number of carboxylic acid groups (broad SMARTS) is 1. The van der Waals surface area contributed by atoms with Gasteiger partial charge in [-0.25, -0.2) is 9.78 Å². The number of nitrogens with one attached hydrogen (secondary N) is 1. The number of aliphatic carboxylic acids is 1. The summed E-state index contributed by atoms with van der Waals surface area (Å²) in [6.07, 6.45) is 5.06. The van der Waals surface area contributed by atoms with Gasteiger partial charge in [-0.3, -0.25) is 9.20 Å². The van der Waals surface area contributed by atoms with Crippen molar-refractivity contribution in [2.75, 3.05) is 6.54 Å². The third kappa shape index (κ3) is 3.45. The number of hydrogen-bond acceptors (Lipinski definition) is 5. The number of hydrogen-bond donors (Lipinski definition) is 2. The average Bonchev–Trinajstić information content (AvgIpc) is 3.06. The van der Waals surface area contributed by atoms with Crippen molar-refractivity contribution < 1.29 is 19.4 Å². The molecule has 0 radical (unpaired) electrons. The quantitative estimate of drug-likeness (QED) is 0.859. The van der Waals surface area contributed by atoms with Crippen molar-refractivity contribution in [2.45, 2.75) is 37.9 Å². The van der Waals surface area contributed by atoms with Crippen molar-refractivity contribution in [1.82, 2.24) is 14.7 Å². The molecule has 3 rings (SSSR count). The van der Waals surface area contributed by atoms with Crippen LogP contribution in [-0.2, 0) is 20.7 Å². The first-order valence-electron chi connectivity index (χ1n) is 7.18. The second-order valence-corrected chi connectivity index (χ2v) is 6.19. The minimum atomic E-state index is -0.936. The molecule has 8 heteroatoms. The van der Waals surface area contributed by atoms with Gasteiger partial charge in [0.1, 0.15) is 0 Å². The van der Waals surface area contributed by atoms with E-state index in [4.69, 9.17) is 9.84 Å². The highest BCUT2D eigenvalue weighted by atomic mass is 32.1. The molecule has 22 heavy (non-hydrogen) atoms. The van der Waals surface area contributed by atoms with Crippen molar-refractivity contribution in [1.29, 1.82) is 0 Å². The smallest absolute Gasteiger partial charge is 0.332 e. The van der Waals surface area contributed by atoms with Crippen molar-refractivity contribution in [3.8, 4) is 0 Å². The first kappa shape index (κ1) is 15.0. The Kier molecular flexibility index (Phi) is 4.39. The summed E-state index contributed by atoms with van der Waals surface area (Å²) in [7, 11) is 0. The molecule has 7 nitrogen and oxygen atoms in total. The highest BCUT2D eigenvalue weighted by Crippen LogP contribution is 2.18. The summed E-state index contributed by atoms with van der Waals surface area (Å²) >= 11 is 1.52. The van der Waals surface area contributed by atoms with E-state index < -0.39 is 12.1 Å². The number of amides is 1. The fourth-order valence-corrected chi connectivity index (χ4v) is 3.27. The molecule has 0 aliphatic carbocycles. The molecule has 0 aromatic carbocycles. The highest BCUT2D eigenvalue weighted by Gasteiger charge is 2.27. The van der Waals surface area contributed by atoms with E-state index in [1.807, 2.05) is 22.2 Å². The van der Waals surface area contributed by atoms with E-state index in [0.717, 1.165) is 23.5 Å². The van der Waals surface area contributed by atoms with Crippen LogP contribution >= 0.6 is 11.3 Å². The number of thiazole rings is 1. The third-order valence-electron chi connectivity index (χ3n) is 3.64. The predicted molar refractivity (Wildman–Crippen MR) is 79.9 cm³/mol. The highest BCUT2D eigenvalue weighted by molar-refractivity contribution is 7.15. The molecule has 3 heterocycles. The maximum absolute atomic E-state index is 11.9. The molecule has 2 aromatic rings. The van der Waals surface area contributed by atoms with Crippen molar-refractivity contribution in [3.63, 3.8) is 0 Å². The van der Waals surface area contributed by atoms with Gasteiger partial charge in [-0.2, -0.15) is 0 Å². The van der Waals surface area contributed by atoms with Crippen LogP contribution in [0.15, 0.2) is 17.8 Å². The number of rotatable bonds is 5. The SMILES string of the molecule is O=C(Cc1cn2ccsc2n1)NC[C@@H]1CCC[C@@H](C(=O)O)O1. The second kappa shape index (κ2) is 6.45. The summed E-state index contributed by atoms with van der Waals surface area (Å²) in [4.78, 5) is 28.1. The minimum Gasteiger partial charge on any atom is -0.479 e. The van der Waals surface area contributed by atoms with Gasteiger partial charge in [-0.15, -0.1) is 11.3 Å². The van der Waals surface area contributed by atoms with Crippen LogP contribution in [0.25, 0.3) is 4.96 Å². The fraction of sp³-hybridized carbons (Fsp3) is 0.500. The number of carbonyl (C=O) groups is 2.